The fourth-order valence-corrected chi connectivity index (χ4v) is 5.66. The summed E-state index contributed by atoms with van der Waals surface area (Å²) in [6.45, 7) is 4.42. The van der Waals surface area contributed by atoms with Crippen molar-refractivity contribution in [3.63, 3.8) is 0 Å². The number of hydrogen-bond donors (Lipinski definition) is 2. The maximum absolute atomic E-state index is 12.9. The van der Waals surface area contributed by atoms with Crippen molar-refractivity contribution in [1.29, 1.82) is 0 Å². The summed E-state index contributed by atoms with van der Waals surface area (Å²) in [6, 6.07) is 22.9. The molecule has 2 aromatic heterocycles. The summed E-state index contributed by atoms with van der Waals surface area (Å²) in [5.74, 6) is 0.680. The largest absolute Gasteiger partial charge is 0.452 e. The van der Waals surface area contributed by atoms with E-state index in [0.717, 1.165) is 38.3 Å². The predicted molar refractivity (Wildman–Crippen MR) is 156 cm³/mol. The Bertz CT molecular complexity index is 1440. The Balaban J connectivity index is 1.36. The number of amides is 1. The monoisotopic (exact) mass is 562 g/mol. The van der Waals surface area contributed by atoms with Gasteiger partial charge in [0.1, 0.15) is 11.8 Å². The Morgan fingerprint density at radius 2 is 1.95 bits per heavy atom. The molecule has 38 heavy (non-hydrogen) atoms. The first-order valence-corrected chi connectivity index (χ1v) is 13.9. The standard InChI is InChI=1S/C29H27ClN4O2S2/c1-18-6-7-19(2)23(17-18)32-25(35)14-16-34-28(27(33-29(34)37)22-5-3-4-15-31-22)24-12-13-26(36-24)38-21-10-8-20(30)9-11-21/h3-13,15,17,27-28H,14,16H2,1-2H3,(H,32,35)(H,33,37)/t27-,28-/m0/s1. The summed E-state index contributed by atoms with van der Waals surface area (Å²) in [7, 11) is 0. The van der Waals surface area contributed by atoms with E-state index < -0.39 is 0 Å². The van der Waals surface area contributed by atoms with Gasteiger partial charge in [-0.25, -0.2) is 0 Å². The van der Waals surface area contributed by atoms with Gasteiger partial charge in [-0.3, -0.25) is 9.78 Å². The molecule has 1 aliphatic rings. The van der Waals surface area contributed by atoms with Crippen molar-refractivity contribution in [2.24, 2.45) is 0 Å². The molecule has 4 aromatic rings. The van der Waals surface area contributed by atoms with Crippen molar-refractivity contribution in [1.82, 2.24) is 15.2 Å². The van der Waals surface area contributed by atoms with Crippen molar-refractivity contribution in [2.45, 2.75) is 42.3 Å². The molecule has 0 spiro atoms. The number of furan rings is 1. The summed E-state index contributed by atoms with van der Waals surface area (Å²) in [4.78, 5) is 20.5. The van der Waals surface area contributed by atoms with Gasteiger partial charge in [-0.15, -0.1) is 0 Å². The SMILES string of the molecule is Cc1ccc(C)c(NC(=O)CCN2C(=S)N[C@@H](c3ccccn3)[C@@H]2c2ccc(Sc3ccc(Cl)cc3)o2)c1. The van der Waals surface area contributed by atoms with E-state index in [9.17, 15) is 4.79 Å². The highest BCUT2D eigenvalue weighted by molar-refractivity contribution is 7.99. The maximum Gasteiger partial charge on any atom is 0.226 e. The van der Waals surface area contributed by atoms with Crippen molar-refractivity contribution < 1.29 is 9.21 Å². The molecule has 3 heterocycles. The molecule has 9 heteroatoms. The summed E-state index contributed by atoms with van der Waals surface area (Å²) >= 11 is 13.3. The number of nitrogens with zero attached hydrogens (tertiary/aromatic N) is 2. The summed E-state index contributed by atoms with van der Waals surface area (Å²) < 4.78 is 6.32. The average Bonchev–Trinajstić information content (AvgIpc) is 3.50. The molecule has 1 fully saturated rings. The number of carbonyl (C=O) groups is 1. The maximum atomic E-state index is 12.9. The number of thiocarbonyl (C=S) groups is 1. The molecule has 2 N–H and O–H groups in total. The number of anilines is 1. The van der Waals surface area contributed by atoms with Gasteiger partial charge in [-0.05, 0) is 91.8 Å². The number of rotatable bonds is 8. The number of aromatic nitrogens is 1. The normalized spacial score (nSPS) is 16.9. The molecule has 1 saturated heterocycles. The van der Waals surface area contributed by atoms with Gasteiger partial charge in [0.2, 0.25) is 5.91 Å². The van der Waals surface area contributed by atoms with Gasteiger partial charge in [0.05, 0.1) is 11.7 Å². The van der Waals surface area contributed by atoms with Crippen LogP contribution < -0.4 is 10.6 Å². The Hall–Kier alpha value is -3.33. The first kappa shape index (κ1) is 26.3. The van der Waals surface area contributed by atoms with Crippen molar-refractivity contribution in [2.75, 3.05) is 11.9 Å². The highest BCUT2D eigenvalue weighted by Crippen LogP contribution is 2.41. The van der Waals surface area contributed by atoms with Gasteiger partial charge in [-0.1, -0.05) is 41.6 Å². The third-order valence-electron chi connectivity index (χ3n) is 6.37. The average molecular weight is 563 g/mol. The second kappa shape index (κ2) is 11.6. The number of benzene rings is 2. The fourth-order valence-electron chi connectivity index (χ4n) is 4.43. The molecule has 0 radical (unpaired) electrons. The molecule has 2 aromatic carbocycles. The van der Waals surface area contributed by atoms with E-state index in [1.165, 1.54) is 11.8 Å². The van der Waals surface area contributed by atoms with Gasteiger partial charge in [0.25, 0.3) is 0 Å². The molecule has 2 atom stereocenters. The van der Waals surface area contributed by atoms with E-state index in [4.69, 9.17) is 28.2 Å². The van der Waals surface area contributed by atoms with Crippen LogP contribution in [0.15, 0.2) is 93.4 Å². The second-order valence-corrected chi connectivity index (χ2v) is 11.1. The fraction of sp³-hybridized carbons (Fsp3) is 0.207. The van der Waals surface area contributed by atoms with Crippen LogP contribution in [0.1, 0.15) is 41.1 Å². The zero-order valence-electron chi connectivity index (χ0n) is 21.0. The number of nitrogens with one attached hydrogen (secondary N) is 2. The lowest BCUT2D eigenvalue weighted by Crippen LogP contribution is -2.32. The third kappa shape index (κ3) is 6.04. The number of aryl methyl sites for hydroxylation is 2. The van der Waals surface area contributed by atoms with Crippen LogP contribution in [0.25, 0.3) is 0 Å². The van der Waals surface area contributed by atoms with Gasteiger partial charge in [-0.2, -0.15) is 0 Å². The molecule has 6 nitrogen and oxygen atoms in total. The van der Waals surface area contributed by atoms with Crippen LogP contribution in [0.3, 0.4) is 0 Å². The predicted octanol–water partition coefficient (Wildman–Crippen LogP) is 7.10. The Morgan fingerprint density at radius 1 is 1.13 bits per heavy atom. The summed E-state index contributed by atoms with van der Waals surface area (Å²) in [5, 5.41) is 8.46. The summed E-state index contributed by atoms with van der Waals surface area (Å²) in [5.41, 5.74) is 3.80. The first-order valence-electron chi connectivity index (χ1n) is 12.3. The van der Waals surface area contributed by atoms with Crippen LogP contribution in [0.2, 0.25) is 5.02 Å². The van der Waals surface area contributed by atoms with Crippen molar-refractivity contribution in [3.05, 3.63) is 107 Å². The molecule has 0 unspecified atom stereocenters. The van der Waals surface area contributed by atoms with E-state index in [-0.39, 0.29) is 24.4 Å². The van der Waals surface area contributed by atoms with E-state index in [2.05, 4.69) is 15.6 Å². The van der Waals surface area contributed by atoms with E-state index in [1.807, 2.05) is 91.5 Å². The van der Waals surface area contributed by atoms with E-state index in [0.29, 0.717) is 16.7 Å². The molecular formula is C29H27ClN4O2S2. The topological polar surface area (TPSA) is 70.4 Å². The molecule has 1 amide bonds. The Labute approximate surface area is 236 Å². The minimum Gasteiger partial charge on any atom is -0.452 e. The van der Waals surface area contributed by atoms with Gasteiger partial charge in [0, 0.05) is 34.8 Å². The molecule has 5 rings (SSSR count). The minimum atomic E-state index is -0.259. The molecule has 0 bridgehead atoms. The van der Waals surface area contributed by atoms with Crippen molar-refractivity contribution in [3.8, 4) is 0 Å². The lowest BCUT2D eigenvalue weighted by atomic mass is 10.0. The lowest BCUT2D eigenvalue weighted by Gasteiger charge is -2.25. The highest BCUT2D eigenvalue weighted by atomic mass is 35.5. The number of carbonyl (C=O) groups excluding carboxylic acids is 1. The zero-order chi connectivity index (χ0) is 26.6. The summed E-state index contributed by atoms with van der Waals surface area (Å²) in [6.07, 6.45) is 2.04. The number of halogens is 1. The van der Waals surface area contributed by atoms with Crippen LogP contribution in [0.5, 0.6) is 0 Å². The Kier molecular flexibility index (Phi) is 8.02. The van der Waals surface area contributed by atoms with Crippen LogP contribution in [0, 0.1) is 13.8 Å². The van der Waals surface area contributed by atoms with E-state index in [1.54, 1.807) is 6.20 Å². The minimum absolute atomic E-state index is 0.0695. The van der Waals surface area contributed by atoms with Crippen LogP contribution in [0.4, 0.5) is 5.69 Å². The van der Waals surface area contributed by atoms with Crippen molar-refractivity contribution >= 4 is 52.3 Å². The molecule has 194 valence electrons. The molecule has 0 aliphatic carbocycles. The number of hydrogen-bond acceptors (Lipinski definition) is 5. The number of pyridine rings is 1. The van der Waals surface area contributed by atoms with Gasteiger partial charge in [0.15, 0.2) is 10.2 Å². The first-order chi connectivity index (χ1) is 18.4. The zero-order valence-corrected chi connectivity index (χ0v) is 23.4. The second-order valence-electron chi connectivity index (χ2n) is 9.15. The van der Waals surface area contributed by atoms with Crippen LogP contribution >= 0.6 is 35.6 Å². The van der Waals surface area contributed by atoms with Crippen LogP contribution in [-0.4, -0.2) is 27.4 Å². The molecule has 1 aliphatic heterocycles. The third-order valence-corrected chi connectivity index (χ3v) is 7.90. The van der Waals surface area contributed by atoms with Gasteiger partial charge >= 0.3 is 0 Å². The van der Waals surface area contributed by atoms with Crippen LogP contribution in [-0.2, 0) is 4.79 Å². The highest BCUT2D eigenvalue weighted by Gasteiger charge is 2.41. The lowest BCUT2D eigenvalue weighted by molar-refractivity contribution is -0.116. The van der Waals surface area contributed by atoms with E-state index >= 15 is 0 Å². The molecular weight excluding hydrogens is 536 g/mol. The quantitative estimate of drug-likeness (QED) is 0.222. The molecule has 0 saturated carbocycles. The Morgan fingerprint density at radius 3 is 2.71 bits per heavy atom. The smallest absolute Gasteiger partial charge is 0.226 e. The van der Waals surface area contributed by atoms with Gasteiger partial charge < -0.3 is 20.0 Å².